The Morgan fingerprint density at radius 2 is 2.00 bits per heavy atom. The van der Waals surface area contributed by atoms with Crippen molar-refractivity contribution in [3.63, 3.8) is 0 Å². The first-order valence-corrected chi connectivity index (χ1v) is 7.33. The van der Waals surface area contributed by atoms with E-state index >= 15 is 0 Å². The Hall–Kier alpha value is -1.29. The van der Waals surface area contributed by atoms with Crippen LogP contribution in [0.25, 0.3) is 0 Å². The van der Waals surface area contributed by atoms with Crippen molar-refractivity contribution in [2.24, 2.45) is 0 Å². The zero-order valence-electron chi connectivity index (χ0n) is 10.9. The van der Waals surface area contributed by atoms with Gasteiger partial charge in [0.1, 0.15) is 5.82 Å². The number of H-pyrrole nitrogens is 1. The average molecular weight is 261 g/mol. The number of aromatic nitrogens is 3. The van der Waals surface area contributed by atoms with Crippen LogP contribution in [0, 0.1) is 0 Å². The third kappa shape index (κ3) is 3.88. The number of thioether (sulfide) groups is 1. The van der Waals surface area contributed by atoms with E-state index in [0.717, 1.165) is 29.6 Å². The Morgan fingerprint density at radius 1 is 1.22 bits per heavy atom. The molecule has 4 heteroatoms. The van der Waals surface area contributed by atoms with Gasteiger partial charge in [0.2, 0.25) is 5.16 Å². The molecular weight excluding hydrogens is 242 g/mol. The molecule has 2 rings (SSSR count). The molecule has 0 saturated heterocycles. The Labute approximate surface area is 112 Å². The summed E-state index contributed by atoms with van der Waals surface area (Å²) >= 11 is 1.72. The second-order valence-electron chi connectivity index (χ2n) is 4.60. The summed E-state index contributed by atoms with van der Waals surface area (Å²) in [6.07, 6.45) is 2.27. The Morgan fingerprint density at radius 3 is 2.67 bits per heavy atom. The van der Waals surface area contributed by atoms with Crippen LogP contribution in [0.5, 0.6) is 0 Å². The molecular formula is C14H19N3S. The average Bonchev–Trinajstić information content (AvgIpc) is 2.85. The fourth-order valence-corrected chi connectivity index (χ4v) is 2.41. The summed E-state index contributed by atoms with van der Waals surface area (Å²) in [5.74, 6) is 2.45. The van der Waals surface area contributed by atoms with Crippen molar-refractivity contribution in [2.45, 2.75) is 37.8 Å². The van der Waals surface area contributed by atoms with Crippen molar-refractivity contribution in [1.82, 2.24) is 15.2 Å². The van der Waals surface area contributed by atoms with Gasteiger partial charge >= 0.3 is 0 Å². The summed E-state index contributed by atoms with van der Waals surface area (Å²) < 4.78 is 0. The van der Waals surface area contributed by atoms with Crippen molar-refractivity contribution in [1.29, 1.82) is 0 Å². The number of aromatic amines is 1. The third-order valence-corrected chi connectivity index (χ3v) is 3.65. The van der Waals surface area contributed by atoms with E-state index in [-0.39, 0.29) is 0 Å². The smallest absolute Gasteiger partial charge is 0.208 e. The zero-order valence-corrected chi connectivity index (χ0v) is 11.7. The van der Waals surface area contributed by atoms with Crippen molar-refractivity contribution >= 4 is 11.8 Å². The number of nitrogens with zero attached hydrogens (tertiary/aromatic N) is 2. The Kier molecular flexibility index (Phi) is 4.81. The molecule has 0 aliphatic carbocycles. The molecule has 18 heavy (non-hydrogen) atoms. The molecule has 1 aromatic carbocycles. The molecule has 0 aliphatic rings. The summed E-state index contributed by atoms with van der Waals surface area (Å²) in [5, 5.41) is 8.06. The Bertz CT molecular complexity index is 465. The summed E-state index contributed by atoms with van der Waals surface area (Å²) in [6.45, 7) is 4.23. The van der Waals surface area contributed by atoms with Gasteiger partial charge in [-0.15, -0.1) is 5.10 Å². The monoisotopic (exact) mass is 261 g/mol. The number of aryl methyl sites for hydroxylation is 1. The standard InChI is InChI=1S/C14H19N3S/c1-11(2)13-15-14(17-16-13)18-10-6-9-12-7-4-3-5-8-12/h3-5,7-8,11H,6,9-10H2,1-2H3,(H,15,16,17). The largest absolute Gasteiger partial charge is 0.262 e. The summed E-state index contributed by atoms with van der Waals surface area (Å²) in [5.41, 5.74) is 1.40. The molecule has 1 heterocycles. The van der Waals surface area contributed by atoms with Crippen LogP contribution in [0.4, 0.5) is 0 Å². The summed E-state index contributed by atoms with van der Waals surface area (Å²) in [4.78, 5) is 4.45. The molecule has 0 atom stereocenters. The van der Waals surface area contributed by atoms with Crippen LogP contribution in [0.2, 0.25) is 0 Å². The first-order chi connectivity index (χ1) is 8.75. The van der Waals surface area contributed by atoms with E-state index in [1.54, 1.807) is 11.8 Å². The molecule has 96 valence electrons. The fourth-order valence-electron chi connectivity index (χ4n) is 1.67. The molecule has 2 aromatic rings. The topological polar surface area (TPSA) is 41.6 Å². The van der Waals surface area contributed by atoms with Crippen LogP contribution in [-0.2, 0) is 6.42 Å². The van der Waals surface area contributed by atoms with Gasteiger partial charge in [-0.3, -0.25) is 5.10 Å². The van der Waals surface area contributed by atoms with E-state index in [1.807, 2.05) is 0 Å². The van der Waals surface area contributed by atoms with E-state index in [4.69, 9.17) is 0 Å². The van der Waals surface area contributed by atoms with Gasteiger partial charge in [-0.05, 0) is 18.4 Å². The van der Waals surface area contributed by atoms with Crippen molar-refractivity contribution in [2.75, 3.05) is 5.75 Å². The first-order valence-electron chi connectivity index (χ1n) is 6.34. The maximum Gasteiger partial charge on any atom is 0.208 e. The molecule has 0 aliphatic heterocycles. The molecule has 3 nitrogen and oxygen atoms in total. The number of benzene rings is 1. The lowest BCUT2D eigenvalue weighted by Gasteiger charge is -1.99. The predicted molar refractivity (Wildman–Crippen MR) is 76.0 cm³/mol. The van der Waals surface area contributed by atoms with Crippen molar-refractivity contribution < 1.29 is 0 Å². The van der Waals surface area contributed by atoms with E-state index in [2.05, 4.69) is 59.4 Å². The first kappa shape index (κ1) is 13.1. The van der Waals surface area contributed by atoms with Gasteiger partial charge in [-0.2, -0.15) is 0 Å². The number of nitrogens with one attached hydrogen (secondary N) is 1. The van der Waals surface area contributed by atoms with Crippen molar-refractivity contribution in [3.05, 3.63) is 41.7 Å². The lowest BCUT2D eigenvalue weighted by atomic mass is 10.1. The normalized spacial score (nSPS) is 11.1. The molecule has 0 fully saturated rings. The van der Waals surface area contributed by atoms with Gasteiger partial charge in [0.05, 0.1) is 0 Å². The second-order valence-corrected chi connectivity index (χ2v) is 5.66. The van der Waals surface area contributed by atoms with Gasteiger partial charge in [-0.1, -0.05) is 55.9 Å². The SMILES string of the molecule is CC(C)c1nc(SCCCc2ccccc2)n[nH]1. The predicted octanol–water partition coefficient (Wildman–Crippen LogP) is 3.65. The van der Waals surface area contributed by atoms with Crippen LogP contribution < -0.4 is 0 Å². The molecule has 0 bridgehead atoms. The highest BCUT2D eigenvalue weighted by Crippen LogP contribution is 2.17. The Balaban J connectivity index is 1.72. The quantitative estimate of drug-likeness (QED) is 0.637. The van der Waals surface area contributed by atoms with Gasteiger partial charge in [-0.25, -0.2) is 4.98 Å². The van der Waals surface area contributed by atoms with Crippen LogP contribution in [0.1, 0.15) is 37.6 Å². The highest BCUT2D eigenvalue weighted by Gasteiger charge is 2.06. The zero-order chi connectivity index (χ0) is 12.8. The minimum atomic E-state index is 0.413. The van der Waals surface area contributed by atoms with E-state index < -0.39 is 0 Å². The van der Waals surface area contributed by atoms with E-state index in [0.29, 0.717) is 5.92 Å². The van der Waals surface area contributed by atoms with Gasteiger partial charge < -0.3 is 0 Å². The van der Waals surface area contributed by atoms with Crippen LogP contribution in [0.3, 0.4) is 0 Å². The fraction of sp³-hybridized carbons (Fsp3) is 0.429. The molecule has 0 unspecified atom stereocenters. The lowest BCUT2D eigenvalue weighted by Crippen LogP contribution is -1.90. The minimum absolute atomic E-state index is 0.413. The van der Waals surface area contributed by atoms with Crippen LogP contribution >= 0.6 is 11.8 Å². The summed E-state index contributed by atoms with van der Waals surface area (Å²) in [6, 6.07) is 10.6. The second kappa shape index (κ2) is 6.59. The highest BCUT2D eigenvalue weighted by molar-refractivity contribution is 7.99. The highest BCUT2D eigenvalue weighted by atomic mass is 32.2. The maximum atomic E-state index is 4.45. The molecule has 1 N–H and O–H groups in total. The number of rotatable bonds is 6. The molecule has 0 amide bonds. The third-order valence-electron chi connectivity index (χ3n) is 2.71. The van der Waals surface area contributed by atoms with Gasteiger partial charge in [0, 0.05) is 11.7 Å². The summed E-state index contributed by atoms with van der Waals surface area (Å²) in [7, 11) is 0. The number of hydrogen-bond donors (Lipinski definition) is 1. The molecule has 0 radical (unpaired) electrons. The lowest BCUT2D eigenvalue weighted by molar-refractivity contribution is 0.780. The molecule has 1 aromatic heterocycles. The van der Waals surface area contributed by atoms with Crippen molar-refractivity contribution in [3.8, 4) is 0 Å². The minimum Gasteiger partial charge on any atom is -0.262 e. The van der Waals surface area contributed by atoms with Crippen LogP contribution in [0.15, 0.2) is 35.5 Å². The number of hydrogen-bond acceptors (Lipinski definition) is 3. The van der Waals surface area contributed by atoms with E-state index in [9.17, 15) is 0 Å². The maximum absolute atomic E-state index is 4.45. The van der Waals surface area contributed by atoms with E-state index in [1.165, 1.54) is 5.56 Å². The van der Waals surface area contributed by atoms with Crippen LogP contribution in [-0.4, -0.2) is 20.9 Å². The molecule has 0 spiro atoms. The van der Waals surface area contributed by atoms with Gasteiger partial charge in [0.15, 0.2) is 0 Å². The van der Waals surface area contributed by atoms with Gasteiger partial charge in [0.25, 0.3) is 0 Å². The molecule has 0 saturated carbocycles.